The van der Waals surface area contributed by atoms with E-state index in [-0.39, 0.29) is 6.73 Å². The summed E-state index contributed by atoms with van der Waals surface area (Å²) in [5.74, 6) is 0.403. The van der Waals surface area contributed by atoms with Crippen LogP contribution in [0.5, 0.6) is 0 Å². The van der Waals surface area contributed by atoms with E-state index in [2.05, 4.69) is 13.8 Å². The molecule has 0 radical (unpaired) electrons. The van der Waals surface area contributed by atoms with Crippen LogP contribution in [0.1, 0.15) is 31.7 Å². The van der Waals surface area contributed by atoms with Crippen molar-refractivity contribution in [1.82, 2.24) is 4.31 Å². The zero-order valence-corrected chi connectivity index (χ0v) is 11.6. The van der Waals surface area contributed by atoms with Gasteiger partial charge in [-0.15, -0.1) is 0 Å². The molecule has 1 saturated heterocycles. The van der Waals surface area contributed by atoms with Crippen LogP contribution in [0.25, 0.3) is 0 Å². The van der Waals surface area contributed by atoms with E-state index in [9.17, 15) is 8.42 Å². The Labute approximate surface area is 109 Å². The van der Waals surface area contributed by atoms with Crippen molar-refractivity contribution in [3.8, 4) is 0 Å². The zero-order valence-electron chi connectivity index (χ0n) is 10.8. The van der Waals surface area contributed by atoms with E-state index in [1.165, 1.54) is 4.31 Å². The molecule has 1 fully saturated rings. The van der Waals surface area contributed by atoms with E-state index in [1.807, 2.05) is 12.1 Å². The second-order valence-corrected chi connectivity index (χ2v) is 6.73. The molecule has 4 nitrogen and oxygen atoms in total. The Balaban J connectivity index is 2.23. The lowest BCUT2D eigenvalue weighted by Crippen LogP contribution is -2.38. The molecule has 100 valence electrons. The molecule has 0 amide bonds. The monoisotopic (exact) mass is 269 g/mol. The molecule has 2 rings (SSSR count). The Bertz CT molecular complexity index is 487. The number of ether oxygens (including phenoxy) is 1. The summed E-state index contributed by atoms with van der Waals surface area (Å²) >= 11 is 0. The highest BCUT2D eigenvalue weighted by atomic mass is 32.2. The van der Waals surface area contributed by atoms with Crippen molar-refractivity contribution < 1.29 is 13.2 Å². The van der Waals surface area contributed by atoms with Gasteiger partial charge in [-0.1, -0.05) is 26.0 Å². The lowest BCUT2D eigenvalue weighted by Gasteiger charge is -2.26. The van der Waals surface area contributed by atoms with E-state index >= 15 is 0 Å². The zero-order chi connectivity index (χ0) is 13.2. The molecule has 1 aromatic rings. The van der Waals surface area contributed by atoms with Gasteiger partial charge in [0, 0.05) is 13.2 Å². The van der Waals surface area contributed by atoms with Gasteiger partial charge in [0.05, 0.1) is 4.90 Å². The maximum atomic E-state index is 12.3. The molecule has 1 heterocycles. The van der Waals surface area contributed by atoms with Crippen LogP contribution in [0.4, 0.5) is 0 Å². The number of benzene rings is 1. The van der Waals surface area contributed by atoms with Crippen LogP contribution in [0.2, 0.25) is 0 Å². The first-order valence-electron chi connectivity index (χ1n) is 6.19. The summed E-state index contributed by atoms with van der Waals surface area (Å²) < 4.78 is 31.2. The molecule has 0 aliphatic carbocycles. The van der Waals surface area contributed by atoms with Crippen LogP contribution in [0.15, 0.2) is 29.2 Å². The Hall–Kier alpha value is -0.910. The van der Waals surface area contributed by atoms with Gasteiger partial charge < -0.3 is 4.74 Å². The number of hydrogen-bond acceptors (Lipinski definition) is 3. The van der Waals surface area contributed by atoms with Gasteiger partial charge >= 0.3 is 0 Å². The van der Waals surface area contributed by atoms with Crippen LogP contribution in [-0.4, -0.2) is 32.6 Å². The third kappa shape index (κ3) is 2.74. The predicted octanol–water partition coefficient (Wildman–Crippen LogP) is 2.18. The maximum absolute atomic E-state index is 12.3. The van der Waals surface area contributed by atoms with Crippen molar-refractivity contribution in [2.75, 3.05) is 19.9 Å². The molecule has 0 unspecified atom stereocenters. The Kier molecular flexibility index (Phi) is 4.04. The van der Waals surface area contributed by atoms with Gasteiger partial charge in [0.15, 0.2) is 0 Å². The van der Waals surface area contributed by atoms with E-state index in [1.54, 1.807) is 12.1 Å². The molecular weight excluding hydrogens is 250 g/mol. The topological polar surface area (TPSA) is 46.6 Å². The van der Waals surface area contributed by atoms with Gasteiger partial charge in [-0.3, -0.25) is 0 Å². The van der Waals surface area contributed by atoms with Crippen molar-refractivity contribution in [3.63, 3.8) is 0 Å². The van der Waals surface area contributed by atoms with Crippen LogP contribution >= 0.6 is 0 Å². The minimum atomic E-state index is -3.40. The van der Waals surface area contributed by atoms with Gasteiger partial charge in [-0.05, 0) is 30.0 Å². The number of hydrogen-bond donors (Lipinski definition) is 0. The maximum Gasteiger partial charge on any atom is 0.245 e. The summed E-state index contributed by atoms with van der Waals surface area (Å²) in [6.07, 6.45) is 0.753. The van der Waals surface area contributed by atoms with E-state index in [4.69, 9.17) is 4.74 Å². The van der Waals surface area contributed by atoms with Crippen molar-refractivity contribution >= 4 is 10.0 Å². The highest BCUT2D eigenvalue weighted by molar-refractivity contribution is 7.89. The first kappa shape index (κ1) is 13.5. The summed E-state index contributed by atoms with van der Waals surface area (Å²) in [6.45, 7) is 5.50. The third-order valence-electron chi connectivity index (χ3n) is 3.12. The SMILES string of the molecule is CC(C)c1ccc(S(=O)(=O)N2CCCOC2)cc1. The molecule has 0 saturated carbocycles. The largest absolute Gasteiger partial charge is 0.365 e. The van der Waals surface area contributed by atoms with Crippen LogP contribution in [-0.2, 0) is 14.8 Å². The lowest BCUT2D eigenvalue weighted by atomic mass is 10.0. The van der Waals surface area contributed by atoms with Gasteiger partial charge in [-0.2, -0.15) is 4.31 Å². The standard InChI is InChI=1S/C13H19NO3S/c1-11(2)12-4-6-13(7-5-12)18(15,16)14-8-3-9-17-10-14/h4-7,11H,3,8-10H2,1-2H3. The molecular formula is C13H19NO3S. The Morgan fingerprint density at radius 1 is 1.22 bits per heavy atom. The average Bonchev–Trinajstić information content (AvgIpc) is 2.40. The van der Waals surface area contributed by atoms with Crippen LogP contribution < -0.4 is 0 Å². The Morgan fingerprint density at radius 2 is 1.89 bits per heavy atom. The minimum Gasteiger partial charge on any atom is -0.365 e. The normalized spacial score (nSPS) is 18.2. The number of nitrogens with zero attached hydrogens (tertiary/aromatic N) is 1. The molecule has 1 aromatic carbocycles. The van der Waals surface area contributed by atoms with Crippen LogP contribution in [0.3, 0.4) is 0 Å². The second-order valence-electron chi connectivity index (χ2n) is 4.80. The molecule has 0 aromatic heterocycles. The predicted molar refractivity (Wildman–Crippen MR) is 69.9 cm³/mol. The van der Waals surface area contributed by atoms with Gasteiger partial charge in [-0.25, -0.2) is 8.42 Å². The summed E-state index contributed by atoms with van der Waals surface area (Å²) in [4.78, 5) is 0.345. The van der Waals surface area contributed by atoms with Crippen molar-refractivity contribution in [2.24, 2.45) is 0 Å². The van der Waals surface area contributed by atoms with E-state index in [0.717, 1.165) is 12.0 Å². The molecule has 0 spiro atoms. The third-order valence-corrected chi connectivity index (χ3v) is 4.95. The quantitative estimate of drug-likeness (QED) is 0.845. The fourth-order valence-electron chi connectivity index (χ4n) is 1.94. The highest BCUT2D eigenvalue weighted by Crippen LogP contribution is 2.21. The summed E-state index contributed by atoms with van der Waals surface area (Å²) in [6, 6.07) is 7.11. The van der Waals surface area contributed by atoms with Crippen molar-refractivity contribution in [3.05, 3.63) is 29.8 Å². The molecule has 1 aliphatic heterocycles. The fourth-order valence-corrected chi connectivity index (χ4v) is 3.30. The lowest BCUT2D eigenvalue weighted by molar-refractivity contribution is 0.0313. The first-order valence-corrected chi connectivity index (χ1v) is 7.63. The molecule has 18 heavy (non-hydrogen) atoms. The van der Waals surface area contributed by atoms with E-state index in [0.29, 0.717) is 24.0 Å². The Morgan fingerprint density at radius 3 is 2.39 bits per heavy atom. The van der Waals surface area contributed by atoms with Crippen LogP contribution in [0, 0.1) is 0 Å². The minimum absolute atomic E-state index is 0.161. The summed E-state index contributed by atoms with van der Waals surface area (Å²) in [5, 5.41) is 0. The average molecular weight is 269 g/mol. The van der Waals surface area contributed by atoms with Gasteiger partial charge in [0.25, 0.3) is 0 Å². The molecule has 0 atom stereocenters. The first-order chi connectivity index (χ1) is 8.51. The van der Waals surface area contributed by atoms with Gasteiger partial charge in [0.1, 0.15) is 6.73 Å². The smallest absolute Gasteiger partial charge is 0.245 e. The summed E-state index contributed by atoms with van der Waals surface area (Å²) in [5.41, 5.74) is 1.14. The number of rotatable bonds is 3. The molecule has 0 bridgehead atoms. The molecule has 0 N–H and O–H groups in total. The molecule has 1 aliphatic rings. The summed E-state index contributed by atoms with van der Waals surface area (Å²) in [7, 11) is -3.40. The second kappa shape index (κ2) is 5.38. The van der Waals surface area contributed by atoms with Crippen molar-refractivity contribution in [1.29, 1.82) is 0 Å². The van der Waals surface area contributed by atoms with Gasteiger partial charge in [0.2, 0.25) is 10.0 Å². The van der Waals surface area contributed by atoms with Crippen molar-refractivity contribution in [2.45, 2.75) is 31.1 Å². The van der Waals surface area contributed by atoms with E-state index < -0.39 is 10.0 Å². The highest BCUT2D eigenvalue weighted by Gasteiger charge is 2.26. The fraction of sp³-hybridized carbons (Fsp3) is 0.538. The number of sulfonamides is 1. The molecule has 5 heteroatoms.